The summed E-state index contributed by atoms with van der Waals surface area (Å²) in [4.78, 5) is 14.5. The third kappa shape index (κ3) is 5.59. The van der Waals surface area contributed by atoms with Gasteiger partial charge in [0, 0.05) is 0 Å². The minimum atomic E-state index is -0.760. The second-order valence-corrected chi connectivity index (χ2v) is 7.69. The lowest BCUT2D eigenvalue weighted by molar-refractivity contribution is -0.757. The standard InChI is InChI=1S/C19H29NO5/c1-19(2,10-3-4-11-25-20(23)24)15-8-9-17(18(22)13-15)14-6-5-7-16(21)12-14/h8-9,13-14,16,21-22H,3-7,10-12H2,1-2H3/t14-,16-/m0/s1. The second kappa shape index (κ2) is 8.52. The molecule has 0 bridgehead atoms. The Morgan fingerprint density at radius 3 is 2.72 bits per heavy atom. The van der Waals surface area contributed by atoms with Crippen LogP contribution in [0.15, 0.2) is 18.2 Å². The van der Waals surface area contributed by atoms with E-state index in [4.69, 9.17) is 0 Å². The summed E-state index contributed by atoms with van der Waals surface area (Å²) in [6.07, 6.45) is 5.60. The largest absolute Gasteiger partial charge is 0.508 e. The van der Waals surface area contributed by atoms with Crippen LogP contribution in [0.3, 0.4) is 0 Å². The lowest BCUT2D eigenvalue weighted by Gasteiger charge is -2.29. The molecule has 2 rings (SSSR count). The van der Waals surface area contributed by atoms with Gasteiger partial charge in [-0.15, -0.1) is 10.1 Å². The summed E-state index contributed by atoms with van der Waals surface area (Å²) >= 11 is 0. The third-order valence-electron chi connectivity index (χ3n) is 5.29. The average Bonchev–Trinajstić information content (AvgIpc) is 2.54. The number of unbranched alkanes of at least 4 members (excludes halogenated alkanes) is 1. The maximum atomic E-state index is 10.5. The average molecular weight is 351 g/mol. The van der Waals surface area contributed by atoms with Gasteiger partial charge in [-0.25, -0.2) is 0 Å². The lowest BCUT2D eigenvalue weighted by atomic mass is 9.77. The van der Waals surface area contributed by atoms with Gasteiger partial charge in [0.25, 0.3) is 5.09 Å². The summed E-state index contributed by atoms with van der Waals surface area (Å²) in [6, 6.07) is 5.89. The van der Waals surface area contributed by atoms with Crippen LogP contribution < -0.4 is 0 Å². The van der Waals surface area contributed by atoms with E-state index in [1.165, 1.54) is 0 Å². The number of phenolic OH excluding ortho intramolecular Hbond substituents is 1. The van der Waals surface area contributed by atoms with Crippen LogP contribution in [0.25, 0.3) is 0 Å². The summed E-state index contributed by atoms with van der Waals surface area (Å²) in [6.45, 7) is 4.34. The zero-order chi connectivity index (χ0) is 18.4. The van der Waals surface area contributed by atoms with Gasteiger partial charge in [0.15, 0.2) is 0 Å². The summed E-state index contributed by atoms with van der Waals surface area (Å²) in [7, 11) is 0. The number of rotatable bonds is 8. The molecule has 1 fully saturated rings. The van der Waals surface area contributed by atoms with Crippen LogP contribution in [0.1, 0.15) is 75.8 Å². The van der Waals surface area contributed by atoms with E-state index in [-0.39, 0.29) is 24.0 Å². The Morgan fingerprint density at radius 1 is 1.32 bits per heavy atom. The highest BCUT2D eigenvalue weighted by atomic mass is 16.9. The second-order valence-electron chi connectivity index (χ2n) is 7.69. The molecule has 1 aliphatic rings. The first-order valence-corrected chi connectivity index (χ1v) is 9.08. The van der Waals surface area contributed by atoms with Crippen LogP contribution in [0, 0.1) is 10.1 Å². The number of aromatic hydroxyl groups is 1. The molecule has 1 aromatic carbocycles. The van der Waals surface area contributed by atoms with E-state index in [0.717, 1.165) is 43.2 Å². The fourth-order valence-corrected chi connectivity index (χ4v) is 3.71. The van der Waals surface area contributed by atoms with Gasteiger partial charge < -0.3 is 15.1 Å². The fourth-order valence-electron chi connectivity index (χ4n) is 3.71. The maximum Gasteiger partial charge on any atom is 0.294 e. The van der Waals surface area contributed by atoms with Gasteiger partial charge in [0.2, 0.25) is 0 Å². The van der Waals surface area contributed by atoms with E-state index < -0.39 is 5.09 Å². The molecular weight excluding hydrogens is 322 g/mol. The minimum Gasteiger partial charge on any atom is -0.508 e. The van der Waals surface area contributed by atoms with Crippen molar-refractivity contribution < 1.29 is 20.1 Å². The van der Waals surface area contributed by atoms with E-state index in [1.54, 1.807) is 0 Å². The number of hydrogen-bond acceptors (Lipinski definition) is 5. The lowest BCUT2D eigenvalue weighted by Crippen LogP contribution is -2.19. The van der Waals surface area contributed by atoms with E-state index in [0.29, 0.717) is 18.6 Å². The van der Waals surface area contributed by atoms with Crippen molar-refractivity contribution in [2.75, 3.05) is 6.61 Å². The summed E-state index contributed by atoms with van der Waals surface area (Å²) < 4.78 is 0. The molecule has 1 aliphatic carbocycles. The van der Waals surface area contributed by atoms with Gasteiger partial charge in [0.05, 0.1) is 12.7 Å². The van der Waals surface area contributed by atoms with E-state index >= 15 is 0 Å². The van der Waals surface area contributed by atoms with Gasteiger partial charge in [0.1, 0.15) is 5.75 Å². The Balaban J connectivity index is 1.96. The van der Waals surface area contributed by atoms with Crippen molar-refractivity contribution >= 4 is 0 Å². The third-order valence-corrected chi connectivity index (χ3v) is 5.29. The minimum absolute atomic E-state index is 0.122. The monoisotopic (exact) mass is 351 g/mol. The molecule has 25 heavy (non-hydrogen) atoms. The molecular formula is C19H29NO5. The Hall–Kier alpha value is -1.82. The molecule has 0 aliphatic heterocycles. The fraction of sp³-hybridized carbons (Fsp3) is 0.684. The van der Waals surface area contributed by atoms with Gasteiger partial charge in [-0.05, 0) is 60.6 Å². The number of hydrogen-bond donors (Lipinski definition) is 2. The van der Waals surface area contributed by atoms with Gasteiger partial charge >= 0.3 is 0 Å². The first-order valence-electron chi connectivity index (χ1n) is 9.08. The van der Waals surface area contributed by atoms with Gasteiger partial charge in [-0.3, -0.25) is 0 Å². The van der Waals surface area contributed by atoms with Crippen LogP contribution in [-0.2, 0) is 10.3 Å². The van der Waals surface area contributed by atoms with Crippen molar-refractivity contribution in [2.45, 2.75) is 76.2 Å². The molecule has 2 atom stereocenters. The Bertz CT molecular complexity index is 587. The van der Waals surface area contributed by atoms with Crippen LogP contribution in [0.4, 0.5) is 0 Å². The van der Waals surface area contributed by atoms with Crippen LogP contribution >= 0.6 is 0 Å². The molecule has 6 heteroatoms. The van der Waals surface area contributed by atoms with E-state index in [9.17, 15) is 20.3 Å². The molecule has 0 saturated heterocycles. The number of benzene rings is 1. The van der Waals surface area contributed by atoms with Crippen LogP contribution in [-0.4, -0.2) is 28.0 Å². The predicted molar refractivity (Wildman–Crippen MR) is 95.1 cm³/mol. The highest BCUT2D eigenvalue weighted by molar-refractivity contribution is 5.41. The molecule has 0 amide bonds. The molecule has 0 spiro atoms. The van der Waals surface area contributed by atoms with Crippen molar-refractivity contribution in [2.24, 2.45) is 0 Å². The van der Waals surface area contributed by atoms with E-state index in [2.05, 4.69) is 24.8 Å². The smallest absolute Gasteiger partial charge is 0.294 e. The van der Waals surface area contributed by atoms with Crippen molar-refractivity contribution in [1.82, 2.24) is 0 Å². The zero-order valence-electron chi connectivity index (χ0n) is 15.1. The molecule has 0 radical (unpaired) electrons. The molecule has 0 heterocycles. The molecule has 1 saturated carbocycles. The molecule has 2 N–H and O–H groups in total. The molecule has 0 unspecified atom stereocenters. The Labute approximate surface area is 148 Å². The molecule has 1 aromatic rings. The first kappa shape index (κ1) is 19.5. The van der Waals surface area contributed by atoms with Crippen molar-refractivity contribution in [3.63, 3.8) is 0 Å². The normalized spacial score (nSPS) is 21.1. The highest BCUT2D eigenvalue weighted by Gasteiger charge is 2.26. The van der Waals surface area contributed by atoms with E-state index in [1.807, 2.05) is 12.1 Å². The van der Waals surface area contributed by atoms with Crippen molar-refractivity contribution in [1.29, 1.82) is 0 Å². The summed E-state index contributed by atoms with van der Waals surface area (Å²) in [5.74, 6) is 0.529. The first-order chi connectivity index (χ1) is 11.8. The number of aliphatic hydroxyl groups is 1. The SMILES string of the molecule is CC(C)(CCCCO[N+](=O)[O-])c1ccc([C@H]2CCC[C@H](O)C2)c(O)c1. The topological polar surface area (TPSA) is 92.8 Å². The zero-order valence-corrected chi connectivity index (χ0v) is 15.1. The molecule has 140 valence electrons. The van der Waals surface area contributed by atoms with Gasteiger partial charge in [-0.2, -0.15) is 0 Å². The predicted octanol–water partition coefficient (Wildman–Crippen LogP) is 4.07. The van der Waals surface area contributed by atoms with Gasteiger partial charge in [-0.1, -0.05) is 38.8 Å². The van der Waals surface area contributed by atoms with Crippen LogP contribution in [0.2, 0.25) is 0 Å². The quantitative estimate of drug-likeness (QED) is 0.418. The van der Waals surface area contributed by atoms with Crippen LogP contribution in [0.5, 0.6) is 5.75 Å². The summed E-state index contributed by atoms with van der Waals surface area (Å²) in [5, 5.41) is 29.7. The Kier molecular flexibility index (Phi) is 6.64. The maximum absolute atomic E-state index is 10.5. The molecule has 6 nitrogen and oxygen atoms in total. The molecule has 0 aromatic heterocycles. The Morgan fingerprint density at radius 2 is 2.08 bits per heavy atom. The number of phenols is 1. The van der Waals surface area contributed by atoms with Crippen molar-refractivity contribution in [3.05, 3.63) is 39.4 Å². The summed E-state index contributed by atoms with van der Waals surface area (Å²) in [5.41, 5.74) is 1.86. The number of aliphatic hydroxyl groups excluding tert-OH is 1. The number of nitrogens with zero attached hydrogens (tertiary/aromatic N) is 1. The highest BCUT2D eigenvalue weighted by Crippen LogP contribution is 2.39. The van der Waals surface area contributed by atoms with Crippen molar-refractivity contribution in [3.8, 4) is 5.75 Å².